The molecule has 116 valence electrons. The van der Waals surface area contributed by atoms with Crippen LogP contribution >= 0.6 is 18.6 Å². The molecule has 0 aromatic carbocycles. The summed E-state index contributed by atoms with van der Waals surface area (Å²) in [5.74, 6) is 2.72. The standard InChI is InChI=1S/2C8H11O.2ClH.Ti/c2*1-9-7-6-8-4-2-3-5-8;;;/h2*2-5H,6-7H2,1H3;2*1H;/q;;;;+2/p-2. The molecule has 2 aliphatic carbocycles. The topological polar surface area (TPSA) is 18.5 Å². The number of halogens is 2. The van der Waals surface area contributed by atoms with Crippen LogP contribution in [0.1, 0.15) is 12.8 Å². The van der Waals surface area contributed by atoms with E-state index in [0.717, 1.165) is 26.1 Å². The molecule has 0 atom stereocenters. The zero-order valence-electron chi connectivity index (χ0n) is 12.5. The second-order valence-corrected chi connectivity index (χ2v) is 6.72. The van der Waals surface area contributed by atoms with Crippen LogP contribution in [0.15, 0.2) is 0 Å². The van der Waals surface area contributed by atoms with Gasteiger partial charge in [-0.05, 0) is 76.0 Å². The average Bonchev–Trinajstić information content (AvgIpc) is 3.18. The Morgan fingerprint density at radius 3 is 1.29 bits per heavy atom. The Balaban J connectivity index is 0.000000322. The molecule has 0 aliphatic heterocycles. The summed E-state index contributed by atoms with van der Waals surface area (Å²) in [4.78, 5) is 0. The van der Waals surface area contributed by atoms with Crippen molar-refractivity contribution in [3.63, 3.8) is 0 Å². The van der Waals surface area contributed by atoms with Gasteiger partial charge >= 0.3 is 35.6 Å². The van der Waals surface area contributed by atoms with Crippen molar-refractivity contribution in [2.45, 2.75) is 12.8 Å². The molecule has 0 spiro atoms. The Kier molecular flexibility index (Phi) is 18.6. The van der Waals surface area contributed by atoms with Gasteiger partial charge in [-0.15, -0.1) is 0 Å². The molecule has 0 aromatic heterocycles. The molecule has 2 saturated carbocycles. The first-order valence-electron chi connectivity index (χ1n) is 6.63. The van der Waals surface area contributed by atoms with Gasteiger partial charge in [0.15, 0.2) is 0 Å². The van der Waals surface area contributed by atoms with Crippen molar-refractivity contribution in [2.24, 2.45) is 0 Å². The van der Waals surface area contributed by atoms with Gasteiger partial charge in [0, 0.05) is 27.4 Å². The van der Waals surface area contributed by atoms with Crippen molar-refractivity contribution in [2.75, 3.05) is 27.4 Å². The third kappa shape index (κ3) is 14.5. The summed E-state index contributed by atoms with van der Waals surface area (Å²) in [6, 6.07) is 0. The molecule has 0 saturated heterocycles. The Bertz CT molecular complexity index is 177. The van der Waals surface area contributed by atoms with Gasteiger partial charge in [-0.2, -0.15) is 0 Å². The summed E-state index contributed by atoms with van der Waals surface area (Å²) in [7, 11) is 13.2. The van der Waals surface area contributed by atoms with E-state index in [9.17, 15) is 0 Å². The van der Waals surface area contributed by atoms with E-state index in [-0.39, 0.29) is 0 Å². The maximum atomic E-state index is 4.92. The number of ether oxygens (including phenoxy) is 2. The van der Waals surface area contributed by atoms with Gasteiger partial charge < -0.3 is 9.47 Å². The summed E-state index contributed by atoms with van der Waals surface area (Å²) in [6.45, 7) is 1.65. The second-order valence-electron chi connectivity index (χ2n) is 4.14. The summed E-state index contributed by atoms with van der Waals surface area (Å²) in [6.07, 6.45) is 18.7. The van der Waals surface area contributed by atoms with Crippen molar-refractivity contribution in [3.8, 4) is 0 Å². The van der Waals surface area contributed by atoms with E-state index in [0.29, 0.717) is 0 Å². The maximum absolute atomic E-state index is 4.92. The third-order valence-corrected chi connectivity index (χ3v) is 2.65. The predicted molar refractivity (Wildman–Crippen MR) is 85.6 cm³/mol. The number of hydrogen-bond donors (Lipinski definition) is 0. The van der Waals surface area contributed by atoms with Gasteiger partial charge in [-0.1, -0.05) is 0 Å². The fourth-order valence-electron chi connectivity index (χ4n) is 1.60. The van der Waals surface area contributed by atoms with Gasteiger partial charge in [-0.25, -0.2) is 0 Å². The molecule has 21 heavy (non-hydrogen) atoms. The molecular weight excluding hydrogens is 343 g/mol. The Hall–Kier alpha value is 1.21. The summed E-state index contributed by atoms with van der Waals surface area (Å²) >= 11 is -0.556. The molecule has 0 unspecified atom stereocenters. The van der Waals surface area contributed by atoms with Crippen LogP contribution in [0.25, 0.3) is 0 Å². The number of rotatable bonds is 6. The minimum absolute atomic E-state index is 0.556. The molecule has 0 N–H and O–H groups in total. The minimum atomic E-state index is -0.556. The van der Waals surface area contributed by atoms with Gasteiger partial charge in [-0.3, -0.25) is 0 Å². The van der Waals surface area contributed by atoms with E-state index < -0.39 is 17.0 Å². The van der Waals surface area contributed by atoms with Crippen molar-refractivity contribution < 1.29 is 26.5 Å². The van der Waals surface area contributed by atoms with E-state index in [1.54, 1.807) is 14.2 Å². The Morgan fingerprint density at radius 2 is 1.05 bits per heavy atom. The van der Waals surface area contributed by atoms with Crippen LogP contribution in [-0.4, -0.2) is 27.4 Å². The molecule has 10 radical (unpaired) electrons. The fraction of sp³-hybridized carbons (Fsp3) is 0.375. The van der Waals surface area contributed by atoms with Gasteiger partial charge in [0.2, 0.25) is 0 Å². The average molecular weight is 365 g/mol. The second kappa shape index (κ2) is 17.6. The molecule has 0 aromatic rings. The van der Waals surface area contributed by atoms with E-state index in [1.807, 2.05) is 25.7 Å². The summed E-state index contributed by atoms with van der Waals surface area (Å²) in [5, 5.41) is 0. The van der Waals surface area contributed by atoms with Crippen LogP contribution in [0, 0.1) is 63.2 Å². The zero-order chi connectivity index (χ0) is 15.8. The van der Waals surface area contributed by atoms with Crippen molar-refractivity contribution in [3.05, 3.63) is 63.2 Å². The Morgan fingerprint density at radius 1 is 0.762 bits per heavy atom. The number of methoxy groups -OCH3 is 2. The van der Waals surface area contributed by atoms with Crippen molar-refractivity contribution in [1.82, 2.24) is 0 Å². The van der Waals surface area contributed by atoms with Gasteiger partial charge in [0.25, 0.3) is 0 Å². The molecule has 0 heterocycles. The van der Waals surface area contributed by atoms with Crippen LogP contribution in [0.5, 0.6) is 0 Å². The first-order chi connectivity index (χ1) is 10.3. The molecule has 5 heteroatoms. The SMILES string of the molecule is COCC[C]1[CH][CH][CH][CH]1.COCC[C]1[CH][CH][CH][CH]1.[Cl][Ti][Cl]. The van der Waals surface area contributed by atoms with E-state index in [2.05, 4.69) is 25.7 Å². The van der Waals surface area contributed by atoms with Crippen LogP contribution in [-0.2, 0) is 26.5 Å². The normalized spacial score (nSPS) is 18.7. The number of hydrogen-bond acceptors (Lipinski definition) is 2. The van der Waals surface area contributed by atoms with Crippen LogP contribution in [0.4, 0.5) is 0 Å². The van der Waals surface area contributed by atoms with Crippen LogP contribution in [0.2, 0.25) is 0 Å². The third-order valence-electron chi connectivity index (χ3n) is 2.65. The van der Waals surface area contributed by atoms with Crippen molar-refractivity contribution in [1.29, 1.82) is 0 Å². The zero-order valence-corrected chi connectivity index (χ0v) is 15.6. The summed E-state index contributed by atoms with van der Waals surface area (Å²) < 4.78 is 9.83. The fourth-order valence-corrected chi connectivity index (χ4v) is 1.60. The monoisotopic (exact) mass is 364 g/mol. The van der Waals surface area contributed by atoms with Crippen molar-refractivity contribution >= 4 is 18.6 Å². The molecule has 0 amide bonds. The van der Waals surface area contributed by atoms with E-state index in [1.165, 1.54) is 11.8 Å². The van der Waals surface area contributed by atoms with Crippen LogP contribution in [0.3, 0.4) is 0 Å². The van der Waals surface area contributed by atoms with Crippen LogP contribution < -0.4 is 0 Å². The van der Waals surface area contributed by atoms with Gasteiger partial charge in [0.1, 0.15) is 0 Å². The molecule has 2 rings (SSSR count). The molecular formula is C16H22Cl2O2Ti. The summed E-state index contributed by atoms with van der Waals surface area (Å²) in [5.41, 5.74) is 0. The van der Waals surface area contributed by atoms with Gasteiger partial charge in [0.05, 0.1) is 0 Å². The molecule has 2 aliphatic rings. The first kappa shape index (κ1) is 22.2. The first-order valence-corrected chi connectivity index (χ1v) is 10.9. The molecule has 2 fully saturated rings. The van der Waals surface area contributed by atoms with E-state index >= 15 is 0 Å². The molecule has 2 nitrogen and oxygen atoms in total. The Labute approximate surface area is 148 Å². The predicted octanol–water partition coefficient (Wildman–Crippen LogP) is 4.23. The quantitative estimate of drug-likeness (QED) is 0.656. The van der Waals surface area contributed by atoms with E-state index in [4.69, 9.17) is 28.1 Å². The molecule has 0 bridgehead atoms.